The van der Waals surface area contributed by atoms with Gasteiger partial charge in [0.25, 0.3) is 0 Å². The molecular weight excluding hydrogens is 339 g/mol. The minimum atomic E-state index is -3.39. The van der Waals surface area contributed by atoms with E-state index in [4.69, 9.17) is 0 Å². The fourth-order valence-electron chi connectivity index (χ4n) is 4.11. The number of anilines is 1. The first-order valence-electron chi connectivity index (χ1n) is 8.49. The van der Waals surface area contributed by atoms with Gasteiger partial charge in [0, 0.05) is 26.7 Å². The number of benzene rings is 2. The van der Waals surface area contributed by atoms with Crippen molar-refractivity contribution in [3.05, 3.63) is 65.5 Å². The van der Waals surface area contributed by atoms with Gasteiger partial charge in [0.2, 0.25) is 10.0 Å². The molecule has 2 aliphatic heterocycles. The van der Waals surface area contributed by atoms with Gasteiger partial charge in [-0.15, -0.1) is 0 Å². The van der Waals surface area contributed by atoms with Crippen LogP contribution in [0.15, 0.2) is 48.5 Å². The van der Waals surface area contributed by atoms with Crippen molar-refractivity contribution in [1.82, 2.24) is 4.90 Å². The molecule has 0 atom stereocenters. The van der Waals surface area contributed by atoms with Crippen molar-refractivity contribution in [3.8, 4) is 0 Å². The number of para-hydroxylation sites is 1. The van der Waals surface area contributed by atoms with Crippen LogP contribution in [0.2, 0.25) is 0 Å². The van der Waals surface area contributed by atoms with Gasteiger partial charge in [-0.2, -0.15) is 0 Å². The van der Waals surface area contributed by atoms with Gasteiger partial charge in [0.05, 0.1) is 5.69 Å². The zero-order valence-electron chi connectivity index (χ0n) is 14.2. The van der Waals surface area contributed by atoms with Crippen molar-refractivity contribution in [2.45, 2.75) is 24.1 Å². The van der Waals surface area contributed by atoms with Crippen LogP contribution in [0, 0.1) is 5.82 Å². The number of hydrogen-bond acceptors (Lipinski definition) is 3. The second-order valence-electron chi connectivity index (χ2n) is 6.89. The quantitative estimate of drug-likeness (QED) is 0.826. The summed E-state index contributed by atoms with van der Waals surface area (Å²) in [4.78, 5) is 2.24. The van der Waals surface area contributed by atoms with Crippen molar-refractivity contribution >= 4 is 15.7 Å². The molecule has 0 amide bonds. The molecule has 2 aliphatic rings. The normalized spacial score (nSPS) is 21.4. The minimum absolute atomic E-state index is 0.238. The fourth-order valence-corrected chi connectivity index (χ4v) is 6.20. The second kappa shape index (κ2) is 5.81. The van der Waals surface area contributed by atoms with Gasteiger partial charge >= 0.3 is 0 Å². The first-order valence-corrected chi connectivity index (χ1v) is 9.93. The molecule has 132 valence electrons. The summed E-state index contributed by atoms with van der Waals surface area (Å²) < 4.78 is 39.9. The summed E-state index contributed by atoms with van der Waals surface area (Å²) in [6.07, 6.45) is 1.16. The molecule has 6 heteroatoms. The Morgan fingerprint density at radius 3 is 2.36 bits per heavy atom. The summed E-state index contributed by atoms with van der Waals surface area (Å²) in [5.41, 5.74) is 2.78. The van der Waals surface area contributed by atoms with Crippen molar-refractivity contribution in [2.75, 3.05) is 24.4 Å². The first-order chi connectivity index (χ1) is 11.9. The lowest BCUT2D eigenvalue weighted by atomic mass is 9.87. The highest BCUT2D eigenvalue weighted by molar-refractivity contribution is 7.94. The lowest BCUT2D eigenvalue weighted by molar-refractivity contribution is 0.189. The van der Waals surface area contributed by atoms with Crippen LogP contribution in [0.1, 0.15) is 24.0 Å². The third kappa shape index (κ3) is 2.47. The van der Waals surface area contributed by atoms with E-state index in [0.29, 0.717) is 32.5 Å². The molecule has 0 aliphatic carbocycles. The topological polar surface area (TPSA) is 40.6 Å². The number of hydrogen-bond donors (Lipinski definition) is 0. The summed E-state index contributed by atoms with van der Waals surface area (Å²) in [5.74, 6) is -0.238. The van der Waals surface area contributed by atoms with E-state index < -0.39 is 14.8 Å². The Hall–Kier alpha value is -1.92. The number of halogens is 1. The molecule has 0 saturated carbocycles. The average molecular weight is 360 g/mol. The van der Waals surface area contributed by atoms with E-state index in [1.54, 1.807) is 19.2 Å². The van der Waals surface area contributed by atoms with Crippen LogP contribution in [0.4, 0.5) is 10.1 Å². The Balaban J connectivity index is 1.57. The molecule has 4 rings (SSSR count). The first kappa shape index (κ1) is 16.5. The zero-order chi connectivity index (χ0) is 17.7. The molecule has 2 heterocycles. The third-order valence-electron chi connectivity index (χ3n) is 5.57. The molecule has 2 aromatic rings. The molecule has 1 fully saturated rings. The van der Waals surface area contributed by atoms with Gasteiger partial charge in [-0.05, 0) is 42.2 Å². The van der Waals surface area contributed by atoms with Crippen molar-refractivity contribution in [1.29, 1.82) is 0 Å². The number of fused-ring (bicyclic) bond motifs is 2. The monoisotopic (exact) mass is 360 g/mol. The van der Waals surface area contributed by atoms with Crippen LogP contribution >= 0.6 is 0 Å². The third-order valence-corrected chi connectivity index (χ3v) is 8.11. The van der Waals surface area contributed by atoms with Gasteiger partial charge in [0.15, 0.2) is 0 Å². The van der Waals surface area contributed by atoms with E-state index in [0.717, 1.165) is 16.8 Å². The number of piperidine rings is 1. The zero-order valence-corrected chi connectivity index (χ0v) is 15.0. The fraction of sp³-hybridized carbons (Fsp3) is 0.368. The highest BCUT2D eigenvalue weighted by atomic mass is 32.2. The Morgan fingerprint density at radius 1 is 1.04 bits per heavy atom. The molecule has 4 nitrogen and oxygen atoms in total. The highest BCUT2D eigenvalue weighted by Crippen LogP contribution is 2.51. The van der Waals surface area contributed by atoms with E-state index in [-0.39, 0.29) is 5.82 Å². The summed E-state index contributed by atoms with van der Waals surface area (Å²) in [5, 5.41) is 0. The Kier molecular flexibility index (Phi) is 3.85. The van der Waals surface area contributed by atoms with Crippen LogP contribution in [0.25, 0.3) is 0 Å². The van der Waals surface area contributed by atoms with Crippen LogP contribution in [0.3, 0.4) is 0 Å². The number of likely N-dealkylation sites (tertiary alicyclic amines) is 1. The van der Waals surface area contributed by atoms with Gasteiger partial charge in [-0.3, -0.25) is 9.21 Å². The van der Waals surface area contributed by atoms with Crippen LogP contribution in [-0.2, 0) is 21.3 Å². The molecule has 1 spiro atoms. The van der Waals surface area contributed by atoms with Crippen LogP contribution < -0.4 is 4.31 Å². The summed E-state index contributed by atoms with van der Waals surface area (Å²) in [6, 6.07) is 14.1. The molecule has 0 bridgehead atoms. The minimum Gasteiger partial charge on any atom is -0.299 e. The molecule has 2 aromatic carbocycles. The van der Waals surface area contributed by atoms with Crippen molar-refractivity contribution < 1.29 is 12.8 Å². The van der Waals surface area contributed by atoms with Gasteiger partial charge < -0.3 is 0 Å². The van der Waals surface area contributed by atoms with Crippen LogP contribution in [-0.4, -0.2) is 33.5 Å². The van der Waals surface area contributed by atoms with Gasteiger partial charge in [-0.25, -0.2) is 12.8 Å². The summed E-state index contributed by atoms with van der Waals surface area (Å²) in [6.45, 7) is 2.13. The summed E-state index contributed by atoms with van der Waals surface area (Å²) >= 11 is 0. The molecular formula is C19H21FN2O2S. The van der Waals surface area contributed by atoms with E-state index >= 15 is 0 Å². The lowest BCUT2D eigenvalue weighted by Gasteiger charge is -2.38. The molecule has 0 radical (unpaired) electrons. The second-order valence-corrected chi connectivity index (χ2v) is 9.17. The Bertz CT molecular complexity index is 888. The smallest absolute Gasteiger partial charge is 0.245 e. The van der Waals surface area contributed by atoms with E-state index in [2.05, 4.69) is 4.90 Å². The average Bonchev–Trinajstić information content (AvgIpc) is 2.78. The number of rotatable bonds is 2. The number of sulfonamides is 1. The Labute approximate surface area is 147 Å². The lowest BCUT2D eigenvalue weighted by Crippen LogP contribution is -2.47. The maximum Gasteiger partial charge on any atom is 0.245 e. The van der Waals surface area contributed by atoms with E-state index in [1.807, 2.05) is 24.3 Å². The SMILES string of the molecule is CN1c2ccccc2C2(CCN(Cc3ccc(F)cc3)CC2)S1(=O)=O. The molecule has 0 unspecified atom stereocenters. The van der Waals surface area contributed by atoms with Crippen molar-refractivity contribution in [2.24, 2.45) is 0 Å². The predicted molar refractivity (Wildman–Crippen MR) is 96.4 cm³/mol. The largest absolute Gasteiger partial charge is 0.299 e. The maximum atomic E-state index is 13.1. The molecule has 0 N–H and O–H groups in total. The Morgan fingerprint density at radius 2 is 1.68 bits per heavy atom. The van der Waals surface area contributed by atoms with E-state index in [1.165, 1.54) is 16.4 Å². The standard InChI is InChI=1S/C19H21FN2O2S/c1-21-18-5-3-2-4-17(18)19(25(21,23)24)10-12-22(13-11-19)14-15-6-8-16(20)9-7-15/h2-9H,10-14H2,1H3. The maximum absolute atomic E-state index is 13.1. The van der Waals surface area contributed by atoms with Crippen molar-refractivity contribution in [3.63, 3.8) is 0 Å². The molecule has 1 saturated heterocycles. The van der Waals surface area contributed by atoms with Gasteiger partial charge in [0.1, 0.15) is 10.6 Å². The number of nitrogens with zero attached hydrogens (tertiary/aromatic N) is 2. The predicted octanol–water partition coefficient (Wildman–Crippen LogP) is 3.10. The van der Waals surface area contributed by atoms with E-state index in [9.17, 15) is 12.8 Å². The molecule has 25 heavy (non-hydrogen) atoms. The highest BCUT2D eigenvalue weighted by Gasteiger charge is 2.55. The summed E-state index contributed by atoms with van der Waals surface area (Å²) in [7, 11) is -1.75. The molecule has 0 aromatic heterocycles. The van der Waals surface area contributed by atoms with Gasteiger partial charge in [-0.1, -0.05) is 30.3 Å². The van der Waals surface area contributed by atoms with Crippen LogP contribution in [0.5, 0.6) is 0 Å².